The smallest absolute Gasteiger partial charge is 0.236 e. The number of amides is 2. The molecular weight excluding hydrogens is 400 g/mol. The van der Waals surface area contributed by atoms with E-state index in [1.54, 1.807) is 26.0 Å². The molecule has 2 heterocycles. The molecule has 0 bridgehead atoms. The molecule has 30 heavy (non-hydrogen) atoms. The number of thioether (sulfide) groups is 1. The molecule has 0 aliphatic carbocycles. The fraction of sp³-hybridized carbons (Fsp3) is 0.652. The molecule has 6 nitrogen and oxygen atoms in total. The Kier molecular flexibility index (Phi) is 7.55. The second-order valence-corrected chi connectivity index (χ2v) is 10.1. The number of piperidine rings is 1. The van der Waals surface area contributed by atoms with Crippen LogP contribution >= 0.6 is 11.8 Å². The van der Waals surface area contributed by atoms with Crippen LogP contribution in [0.25, 0.3) is 0 Å². The predicted octanol–water partition coefficient (Wildman–Crippen LogP) is 3.95. The molecule has 2 aliphatic rings. The molecule has 2 fully saturated rings. The summed E-state index contributed by atoms with van der Waals surface area (Å²) >= 11 is 1.66. The van der Waals surface area contributed by atoms with Crippen molar-refractivity contribution in [2.45, 2.75) is 50.7 Å². The van der Waals surface area contributed by atoms with Crippen LogP contribution in [0.2, 0.25) is 0 Å². The third-order valence-electron chi connectivity index (χ3n) is 5.95. The van der Waals surface area contributed by atoms with Gasteiger partial charge in [-0.2, -0.15) is 0 Å². The van der Waals surface area contributed by atoms with E-state index < -0.39 is 0 Å². The highest BCUT2D eigenvalue weighted by atomic mass is 32.2. The van der Waals surface area contributed by atoms with Crippen LogP contribution in [0.5, 0.6) is 11.5 Å². The Hall–Kier alpha value is -1.89. The minimum Gasteiger partial charge on any atom is -0.497 e. The number of methoxy groups -OCH3 is 2. The van der Waals surface area contributed by atoms with Crippen molar-refractivity contribution in [2.75, 3.05) is 33.9 Å². The number of nitrogens with zero attached hydrogens (tertiary/aromatic N) is 2. The maximum atomic E-state index is 13.0. The van der Waals surface area contributed by atoms with E-state index in [-0.39, 0.29) is 22.4 Å². The minimum atomic E-state index is -0.0850. The van der Waals surface area contributed by atoms with E-state index in [9.17, 15) is 9.59 Å². The van der Waals surface area contributed by atoms with Crippen molar-refractivity contribution in [3.63, 3.8) is 0 Å². The first kappa shape index (κ1) is 22.8. The minimum absolute atomic E-state index is 0.0846. The first-order valence-electron chi connectivity index (χ1n) is 10.8. The lowest BCUT2D eigenvalue weighted by Crippen LogP contribution is -2.43. The molecular formula is C23H34N2O4S. The van der Waals surface area contributed by atoms with Gasteiger partial charge in [-0.15, -0.1) is 11.8 Å². The SMILES string of the molecule is COc1ccc(OC)c(C2SC(C)C(=O)N2CC2CCN(C(=O)CC(C)C)CC2)c1. The van der Waals surface area contributed by atoms with Gasteiger partial charge < -0.3 is 19.3 Å². The monoisotopic (exact) mass is 434 g/mol. The third kappa shape index (κ3) is 5.05. The molecule has 0 spiro atoms. The Labute approximate surface area is 184 Å². The van der Waals surface area contributed by atoms with Crippen LogP contribution < -0.4 is 9.47 Å². The molecule has 7 heteroatoms. The van der Waals surface area contributed by atoms with Crippen molar-refractivity contribution in [3.05, 3.63) is 23.8 Å². The van der Waals surface area contributed by atoms with Gasteiger partial charge in [0.15, 0.2) is 0 Å². The fourth-order valence-corrected chi connectivity index (χ4v) is 5.56. The fourth-order valence-electron chi connectivity index (χ4n) is 4.25. The van der Waals surface area contributed by atoms with Gasteiger partial charge >= 0.3 is 0 Å². The Bertz CT molecular complexity index is 762. The number of benzene rings is 1. The zero-order valence-electron chi connectivity index (χ0n) is 18.7. The van der Waals surface area contributed by atoms with Crippen LogP contribution in [0.4, 0.5) is 0 Å². The van der Waals surface area contributed by atoms with E-state index in [0.29, 0.717) is 24.8 Å². The number of rotatable bonds is 7. The van der Waals surface area contributed by atoms with E-state index in [4.69, 9.17) is 9.47 Å². The van der Waals surface area contributed by atoms with E-state index in [2.05, 4.69) is 13.8 Å². The van der Waals surface area contributed by atoms with Crippen LogP contribution in [-0.2, 0) is 9.59 Å². The molecule has 2 unspecified atom stereocenters. The summed E-state index contributed by atoms with van der Waals surface area (Å²) in [6.07, 6.45) is 2.49. The number of carbonyl (C=O) groups excluding carboxylic acids is 2. The Morgan fingerprint density at radius 1 is 1.20 bits per heavy atom. The van der Waals surface area contributed by atoms with Gasteiger partial charge in [0, 0.05) is 31.6 Å². The number of likely N-dealkylation sites (tertiary alicyclic amines) is 1. The van der Waals surface area contributed by atoms with Gasteiger partial charge in [-0.1, -0.05) is 13.8 Å². The average Bonchev–Trinajstić information content (AvgIpc) is 3.01. The lowest BCUT2D eigenvalue weighted by Gasteiger charge is -2.35. The molecule has 2 amide bonds. The highest BCUT2D eigenvalue weighted by molar-refractivity contribution is 8.01. The van der Waals surface area contributed by atoms with Gasteiger partial charge in [0.25, 0.3) is 0 Å². The predicted molar refractivity (Wildman–Crippen MR) is 120 cm³/mol. The van der Waals surface area contributed by atoms with Crippen LogP contribution in [-0.4, -0.2) is 60.7 Å². The van der Waals surface area contributed by atoms with Crippen LogP contribution in [0.1, 0.15) is 51.0 Å². The summed E-state index contributed by atoms with van der Waals surface area (Å²) in [6, 6.07) is 5.75. The van der Waals surface area contributed by atoms with Crippen LogP contribution in [0.3, 0.4) is 0 Å². The van der Waals surface area contributed by atoms with Gasteiger partial charge in [-0.05, 0) is 49.8 Å². The Morgan fingerprint density at radius 2 is 1.90 bits per heavy atom. The third-order valence-corrected chi connectivity index (χ3v) is 7.33. The summed E-state index contributed by atoms with van der Waals surface area (Å²) in [5.41, 5.74) is 0.976. The van der Waals surface area contributed by atoms with Crippen molar-refractivity contribution >= 4 is 23.6 Å². The molecule has 0 radical (unpaired) electrons. The average molecular weight is 435 g/mol. The lowest BCUT2D eigenvalue weighted by molar-refractivity contribution is -0.135. The van der Waals surface area contributed by atoms with Crippen molar-refractivity contribution in [3.8, 4) is 11.5 Å². The van der Waals surface area contributed by atoms with Gasteiger partial charge in [0.2, 0.25) is 11.8 Å². The standard InChI is InChI=1S/C23H34N2O4S/c1-15(2)12-21(26)24-10-8-17(9-11-24)14-25-22(27)16(3)30-23(25)19-13-18(28-4)6-7-20(19)29-5/h6-7,13,15-17,23H,8-12,14H2,1-5H3. The maximum absolute atomic E-state index is 13.0. The molecule has 2 saturated heterocycles. The van der Waals surface area contributed by atoms with Gasteiger partial charge in [-0.25, -0.2) is 0 Å². The first-order chi connectivity index (χ1) is 14.3. The molecule has 3 rings (SSSR count). The van der Waals surface area contributed by atoms with Crippen LogP contribution in [0.15, 0.2) is 18.2 Å². The Balaban J connectivity index is 1.70. The molecule has 166 valence electrons. The highest BCUT2D eigenvalue weighted by Gasteiger charge is 2.41. The van der Waals surface area contributed by atoms with E-state index in [0.717, 1.165) is 43.0 Å². The van der Waals surface area contributed by atoms with E-state index in [1.165, 1.54) is 0 Å². The summed E-state index contributed by atoms with van der Waals surface area (Å²) in [6.45, 7) is 8.42. The van der Waals surface area contributed by atoms with Gasteiger partial charge in [0.1, 0.15) is 16.9 Å². The van der Waals surface area contributed by atoms with Crippen molar-refractivity contribution in [1.29, 1.82) is 0 Å². The summed E-state index contributed by atoms with van der Waals surface area (Å²) < 4.78 is 11.0. The lowest BCUT2D eigenvalue weighted by atomic mass is 9.95. The van der Waals surface area contributed by atoms with Gasteiger partial charge in [0.05, 0.1) is 19.5 Å². The number of hydrogen-bond donors (Lipinski definition) is 0. The van der Waals surface area contributed by atoms with Crippen molar-refractivity contribution in [1.82, 2.24) is 9.80 Å². The summed E-state index contributed by atoms with van der Waals surface area (Å²) in [5.74, 6) is 2.75. The molecule has 2 aliphatic heterocycles. The maximum Gasteiger partial charge on any atom is 0.236 e. The highest BCUT2D eigenvalue weighted by Crippen LogP contribution is 2.47. The quantitative estimate of drug-likeness (QED) is 0.650. The zero-order chi connectivity index (χ0) is 21.8. The van der Waals surface area contributed by atoms with Gasteiger partial charge in [-0.3, -0.25) is 9.59 Å². The van der Waals surface area contributed by atoms with E-state index in [1.807, 2.05) is 34.9 Å². The zero-order valence-corrected chi connectivity index (χ0v) is 19.5. The molecule has 2 atom stereocenters. The summed E-state index contributed by atoms with van der Waals surface area (Å²) in [7, 11) is 3.30. The largest absolute Gasteiger partial charge is 0.497 e. The topological polar surface area (TPSA) is 59.1 Å². The molecule has 0 saturated carbocycles. The van der Waals surface area contributed by atoms with E-state index >= 15 is 0 Å². The molecule has 0 aromatic heterocycles. The second-order valence-electron chi connectivity index (χ2n) is 8.65. The second kappa shape index (κ2) is 9.94. The normalized spacial score (nSPS) is 22.7. The molecule has 1 aromatic carbocycles. The van der Waals surface area contributed by atoms with Crippen molar-refractivity contribution < 1.29 is 19.1 Å². The summed E-state index contributed by atoms with van der Waals surface area (Å²) in [4.78, 5) is 29.3. The summed E-state index contributed by atoms with van der Waals surface area (Å²) in [5, 5.41) is -0.170. The first-order valence-corrected chi connectivity index (χ1v) is 11.7. The Morgan fingerprint density at radius 3 is 2.50 bits per heavy atom. The molecule has 0 N–H and O–H groups in total. The number of ether oxygens (including phenoxy) is 2. The van der Waals surface area contributed by atoms with Crippen LogP contribution in [0, 0.1) is 11.8 Å². The number of hydrogen-bond acceptors (Lipinski definition) is 5. The number of carbonyl (C=O) groups is 2. The molecule has 1 aromatic rings. The van der Waals surface area contributed by atoms with Crippen molar-refractivity contribution in [2.24, 2.45) is 11.8 Å².